The summed E-state index contributed by atoms with van der Waals surface area (Å²) in [5.74, 6) is 0.466. The number of anilines is 1. The first kappa shape index (κ1) is 12.4. The van der Waals surface area contributed by atoms with Gasteiger partial charge in [-0.3, -0.25) is 4.98 Å². The number of methoxy groups -OCH3 is 1. The summed E-state index contributed by atoms with van der Waals surface area (Å²) in [5, 5.41) is 3.12. The van der Waals surface area contributed by atoms with E-state index < -0.39 is 0 Å². The molecule has 0 aliphatic rings. The minimum atomic E-state index is -0.351. The van der Waals surface area contributed by atoms with Gasteiger partial charge in [0.25, 0.3) is 0 Å². The number of benzene rings is 1. The fourth-order valence-corrected chi connectivity index (χ4v) is 1.75. The summed E-state index contributed by atoms with van der Waals surface area (Å²) < 4.78 is 18.3. The van der Waals surface area contributed by atoms with Crippen molar-refractivity contribution in [2.24, 2.45) is 0 Å². The van der Waals surface area contributed by atoms with Gasteiger partial charge >= 0.3 is 0 Å². The van der Waals surface area contributed by atoms with Gasteiger partial charge in [0.05, 0.1) is 25.2 Å². The molecule has 2 rings (SSSR count). The van der Waals surface area contributed by atoms with Crippen LogP contribution in [0.1, 0.15) is 11.1 Å². The lowest BCUT2D eigenvalue weighted by Crippen LogP contribution is -2.02. The lowest BCUT2D eigenvalue weighted by molar-refractivity contribution is 0.410. The lowest BCUT2D eigenvalue weighted by atomic mass is 10.1. The van der Waals surface area contributed by atoms with E-state index in [1.165, 1.54) is 12.3 Å². The number of halogens is 1. The molecule has 0 aliphatic carbocycles. The second kappa shape index (κ2) is 5.49. The highest BCUT2D eigenvalue weighted by atomic mass is 19.1. The minimum Gasteiger partial charge on any atom is -0.496 e. The van der Waals surface area contributed by atoms with E-state index >= 15 is 0 Å². The van der Waals surface area contributed by atoms with Crippen LogP contribution >= 0.6 is 0 Å². The van der Waals surface area contributed by atoms with Crippen LogP contribution in [0, 0.1) is 12.7 Å². The van der Waals surface area contributed by atoms with Crippen LogP contribution in [0.4, 0.5) is 10.1 Å². The number of aryl methyl sites for hydroxylation is 1. The first-order valence-electron chi connectivity index (χ1n) is 5.67. The Morgan fingerprint density at radius 2 is 2.11 bits per heavy atom. The molecule has 0 aliphatic heterocycles. The van der Waals surface area contributed by atoms with E-state index in [9.17, 15) is 4.39 Å². The number of hydrogen-bond acceptors (Lipinski definition) is 3. The van der Waals surface area contributed by atoms with Gasteiger partial charge in [-0.05, 0) is 13.0 Å². The van der Waals surface area contributed by atoms with E-state index in [1.807, 2.05) is 25.1 Å². The van der Waals surface area contributed by atoms with Crippen LogP contribution in [0.5, 0.6) is 5.75 Å². The number of rotatable bonds is 4. The normalized spacial score (nSPS) is 10.2. The molecule has 18 heavy (non-hydrogen) atoms. The zero-order chi connectivity index (χ0) is 13.0. The molecule has 0 saturated carbocycles. The Hall–Kier alpha value is -2.10. The maximum atomic E-state index is 13.0. The summed E-state index contributed by atoms with van der Waals surface area (Å²) in [6.45, 7) is 2.59. The van der Waals surface area contributed by atoms with Crippen LogP contribution in [0.3, 0.4) is 0 Å². The average Bonchev–Trinajstić information content (AvgIpc) is 2.37. The Morgan fingerprint density at radius 3 is 2.83 bits per heavy atom. The van der Waals surface area contributed by atoms with Crippen LogP contribution in [0.15, 0.2) is 36.7 Å². The summed E-state index contributed by atoms with van der Waals surface area (Å²) in [5.41, 5.74) is 2.84. The molecule has 0 saturated heterocycles. The third-order valence-electron chi connectivity index (χ3n) is 2.62. The Labute approximate surface area is 106 Å². The second-order valence-corrected chi connectivity index (χ2v) is 4.06. The van der Waals surface area contributed by atoms with Crippen molar-refractivity contribution in [1.82, 2.24) is 4.98 Å². The van der Waals surface area contributed by atoms with Crippen molar-refractivity contribution in [3.63, 3.8) is 0 Å². The fraction of sp³-hybridized carbons (Fsp3) is 0.214. The predicted octanol–water partition coefficient (Wildman–Crippen LogP) is 3.15. The zero-order valence-corrected chi connectivity index (χ0v) is 10.4. The van der Waals surface area contributed by atoms with Crippen LogP contribution in [-0.2, 0) is 6.54 Å². The molecule has 0 unspecified atom stereocenters. The maximum absolute atomic E-state index is 13.0. The van der Waals surface area contributed by atoms with E-state index in [0.717, 1.165) is 16.9 Å². The van der Waals surface area contributed by atoms with Crippen LogP contribution < -0.4 is 10.1 Å². The Balaban J connectivity index is 2.12. The van der Waals surface area contributed by atoms with Gasteiger partial charge in [-0.25, -0.2) is 4.39 Å². The van der Waals surface area contributed by atoms with Crippen molar-refractivity contribution in [1.29, 1.82) is 0 Å². The number of aromatic nitrogens is 1. The monoisotopic (exact) mass is 246 g/mol. The molecule has 1 N–H and O–H groups in total. The quantitative estimate of drug-likeness (QED) is 0.899. The van der Waals surface area contributed by atoms with Gasteiger partial charge in [0.1, 0.15) is 11.6 Å². The van der Waals surface area contributed by atoms with Crippen molar-refractivity contribution < 1.29 is 9.13 Å². The molecule has 0 fully saturated rings. The van der Waals surface area contributed by atoms with Gasteiger partial charge in [0.15, 0.2) is 0 Å². The zero-order valence-electron chi connectivity index (χ0n) is 10.4. The molecule has 2 aromatic rings. The molecule has 1 aromatic heterocycles. The third-order valence-corrected chi connectivity index (χ3v) is 2.62. The molecule has 0 amide bonds. The van der Waals surface area contributed by atoms with Gasteiger partial charge in [-0.15, -0.1) is 0 Å². The Morgan fingerprint density at radius 1 is 1.28 bits per heavy atom. The highest BCUT2D eigenvalue weighted by Gasteiger charge is 2.03. The van der Waals surface area contributed by atoms with Gasteiger partial charge in [0, 0.05) is 18.2 Å². The smallest absolute Gasteiger partial charge is 0.143 e. The van der Waals surface area contributed by atoms with E-state index in [1.54, 1.807) is 13.3 Å². The van der Waals surface area contributed by atoms with Crippen molar-refractivity contribution in [3.05, 3.63) is 53.6 Å². The molecule has 0 spiro atoms. The third kappa shape index (κ3) is 2.97. The lowest BCUT2D eigenvalue weighted by Gasteiger charge is -2.11. The molecule has 0 radical (unpaired) electrons. The highest BCUT2D eigenvalue weighted by Crippen LogP contribution is 2.20. The number of ether oxygens (including phenoxy) is 1. The van der Waals surface area contributed by atoms with Crippen LogP contribution in [0.25, 0.3) is 0 Å². The van der Waals surface area contributed by atoms with Crippen molar-refractivity contribution in [2.45, 2.75) is 13.5 Å². The summed E-state index contributed by atoms with van der Waals surface area (Å²) in [4.78, 5) is 3.79. The molecular weight excluding hydrogens is 231 g/mol. The molecule has 1 heterocycles. The van der Waals surface area contributed by atoms with Gasteiger partial charge in [0.2, 0.25) is 0 Å². The van der Waals surface area contributed by atoms with Crippen molar-refractivity contribution >= 4 is 5.69 Å². The highest BCUT2D eigenvalue weighted by molar-refractivity contribution is 5.44. The van der Waals surface area contributed by atoms with Gasteiger partial charge < -0.3 is 10.1 Å². The molecule has 1 aromatic carbocycles. The summed E-state index contributed by atoms with van der Waals surface area (Å²) in [6, 6.07) is 7.37. The van der Waals surface area contributed by atoms with Gasteiger partial charge in [-0.2, -0.15) is 0 Å². The van der Waals surface area contributed by atoms with Crippen LogP contribution in [-0.4, -0.2) is 12.1 Å². The number of hydrogen-bond donors (Lipinski definition) is 1. The first-order chi connectivity index (χ1) is 8.69. The molecule has 3 nitrogen and oxygen atoms in total. The Kier molecular flexibility index (Phi) is 3.77. The molecule has 4 heteroatoms. The van der Waals surface area contributed by atoms with Gasteiger partial charge in [-0.1, -0.05) is 17.7 Å². The minimum absolute atomic E-state index is 0.351. The van der Waals surface area contributed by atoms with E-state index in [-0.39, 0.29) is 5.82 Å². The van der Waals surface area contributed by atoms with E-state index in [0.29, 0.717) is 12.2 Å². The standard InChI is InChI=1S/C14H15FN2O/c1-10-3-4-14(18-2)11(5-10)7-17-13-6-12(15)8-16-9-13/h3-6,8-9,17H,7H2,1-2H3. The number of pyridine rings is 1. The first-order valence-corrected chi connectivity index (χ1v) is 5.67. The topological polar surface area (TPSA) is 34.1 Å². The molecule has 94 valence electrons. The summed E-state index contributed by atoms with van der Waals surface area (Å²) >= 11 is 0. The molecule has 0 atom stereocenters. The number of nitrogens with one attached hydrogen (secondary N) is 1. The van der Waals surface area contributed by atoms with Crippen LogP contribution in [0.2, 0.25) is 0 Å². The van der Waals surface area contributed by atoms with E-state index in [2.05, 4.69) is 10.3 Å². The Bertz CT molecular complexity index is 543. The molecular formula is C14H15FN2O. The number of nitrogens with zero attached hydrogens (tertiary/aromatic N) is 1. The average molecular weight is 246 g/mol. The van der Waals surface area contributed by atoms with Crippen molar-refractivity contribution in [2.75, 3.05) is 12.4 Å². The molecule has 0 bridgehead atoms. The fourth-order valence-electron chi connectivity index (χ4n) is 1.75. The SMILES string of the molecule is COc1ccc(C)cc1CNc1cncc(F)c1. The summed E-state index contributed by atoms with van der Waals surface area (Å²) in [7, 11) is 1.64. The summed E-state index contributed by atoms with van der Waals surface area (Å²) in [6.07, 6.45) is 2.77. The van der Waals surface area contributed by atoms with Crippen molar-refractivity contribution in [3.8, 4) is 5.75 Å². The predicted molar refractivity (Wildman–Crippen MR) is 69.3 cm³/mol. The van der Waals surface area contributed by atoms with E-state index in [4.69, 9.17) is 4.74 Å². The second-order valence-electron chi connectivity index (χ2n) is 4.06. The largest absolute Gasteiger partial charge is 0.496 e. The maximum Gasteiger partial charge on any atom is 0.143 e.